The molecule has 14 aromatic rings. The van der Waals surface area contributed by atoms with Crippen LogP contribution in [-0.2, 0) is 0 Å². The van der Waals surface area contributed by atoms with Crippen LogP contribution in [0.1, 0.15) is 0 Å². The van der Waals surface area contributed by atoms with Crippen LogP contribution in [0.25, 0.3) is 132 Å². The van der Waals surface area contributed by atoms with Crippen LogP contribution in [0.2, 0.25) is 0 Å². The van der Waals surface area contributed by atoms with Crippen molar-refractivity contribution in [2.75, 3.05) is 0 Å². The van der Waals surface area contributed by atoms with Crippen molar-refractivity contribution in [3.8, 4) is 44.8 Å². The summed E-state index contributed by atoms with van der Waals surface area (Å²) in [5, 5.41) is 9.38. The maximum atomic E-state index is 6.20. The smallest absolute Gasteiger partial charge is 0.135 e. The predicted molar refractivity (Wildman–Crippen MR) is 266 cm³/mol. The van der Waals surface area contributed by atoms with Gasteiger partial charge in [0.2, 0.25) is 0 Å². The Hall–Kier alpha value is -8.60. The Morgan fingerprint density at radius 2 is 0.500 bits per heavy atom. The van der Waals surface area contributed by atoms with Crippen LogP contribution in [0.4, 0.5) is 0 Å². The van der Waals surface area contributed by atoms with Gasteiger partial charge in [-0.05, 0) is 143 Å². The van der Waals surface area contributed by atoms with E-state index in [1.165, 1.54) is 65.9 Å². The van der Waals surface area contributed by atoms with E-state index in [0.29, 0.717) is 0 Å². The van der Waals surface area contributed by atoms with Gasteiger partial charge in [-0.3, -0.25) is 0 Å². The van der Waals surface area contributed by atoms with E-state index in [0.717, 1.165) is 66.4 Å². The first-order valence-electron chi connectivity index (χ1n) is 21.8. The van der Waals surface area contributed by atoms with Crippen LogP contribution in [0.5, 0.6) is 0 Å². The van der Waals surface area contributed by atoms with Crippen LogP contribution in [-0.4, -0.2) is 9.13 Å². The maximum absolute atomic E-state index is 6.20. The molecule has 4 heteroatoms. The number of nitrogens with zero attached hydrogens (tertiary/aromatic N) is 2. The topological polar surface area (TPSA) is 36.1 Å². The van der Waals surface area contributed by atoms with Gasteiger partial charge >= 0.3 is 0 Å². The molecule has 0 fully saturated rings. The molecule has 64 heavy (non-hydrogen) atoms. The number of benzene rings is 10. The second kappa shape index (κ2) is 13.4. The summed E-state index contributed by atoms with van der Waals surface area (Å²) >= 11 is 0. The van der Waals surface area contributed by atoms with E-state index < -0.39 is 0 Å². The molecule has 10 aromatic carbocycles. The average Bonchev–Trinajstić information content (AvgIpc) is 4.11. The summed E-state index contributed by atoms with van der Waals surface area (Å²) < 4.78 is 17.2. The average molecular weight is 817 g/mol. The summed E-state index contributed by atoms with van der Waals surface area (Å²) in [6.07, 6.45) is 0. The van der Waals surface area contributed by atoms with Gasteiger partial charge in [-0.25, -0.2) is 0 Å². The Morgan fingerprint density at radius 1 is 0.219 bits per heavy atom. The molecule has 4 nitrogen and oxygen atoms in total. The molecule has 0 N–H and O–H groups in total. The van der Waals surface area contributed by atoms with Gasteiger partial charge in [-0.15, -0.1) is 0 Å². The highest BCUT2D eigenvalue weighted by Gasteiger charge is 2.19. The van der Waals surface area contributed by atoms with Crippen molar-refractivity contribution in [2.24, 2.45) is 0 Å². The number of hydrogen-bond acceptors (Lipinski definition) is 2. The molecular formula is C60H36N2O2. The Morgan fingerprint density at radius 3 is 0.859 bits per heavy atom. The zero-order valence-corrected chi connectivity index (χ0v) is 34.5. The van der Waals surface area contributed by atoms with E-state index >= 15 is 0 Å². The van der Waals surface area contributed by atoms with E-state index in [-0.39, 0.29) is 0 Å². The molecule has 0 spiro atoms. The molecule has 4 heterocycles. The van der Waals surface area contributed by atoms with Gasteiger partial charge in [0.05, 0.1) is 22.1 Å². The lowest BCUT2D eigenvalue weighted by Crippen LogP contribution is -1.93. The minimum absolute atomic E-state index is 0.904. The van der Waals surface area contributed by atoms with Crippen molar-refractivity contribution in [1.82, 2.24) is 9.13 Å². The van der Waals surface area contributed by atoms with Crippen LogP contribution in [0.15, 0.2) is 227 Å². The number of aromatic nitrogens is 2. The first-order valence-corrected chi connectivity index (χ1v) is 21.8. The molecule has 0 radical (unpaired) electrons. The third-order valence-corrected chi connectivity index (χ3v) is 13.3. The fourth-order valence-corrected chi connectivity index (χ4v) is 10.3. The summed E-state index contributed by atoms with van der Waals surface area (Å²) in [6.45, 7) is 0. The highest BCUT2D eigenvalue weighted by molar-refractivity contribution is 6.15. The molecular weight excluding hydrogens is 781 g/mol. The van der Waals surface area contributed by atoms with Crippen molar-refractivity contribution >= 4 is 87.5 Å². The van der Waals surface area contributed by atoms with Gasteiger partial charge in [0.1, 0.15) is 22.3 Å². The largest absolute Gasteiger partial charge is 0.456 e. The number of rotatable bonds is 5. The molecule has 0 aliphatic heterocycles. The van der Waals surface area contributed by atoms with Crippen LogP contribution < -0.4 is 0 Å². The van der Waals surface area contributed by atoms with Crippen molar-refractivity contribution in [1.29, 1.82) is 0 Å². The Bertz CT molecular complexity index is 3910. The third kappa shape index (κ3) is 5.23. The number of para-hydroxylation sites is 4. The fraction of sp³-hybridized carbons (Fsp3) is 0. The van der Waals surface area contributed by atoms with Crippen molar-refractivity contribution in [3.05, 3.63) is 218 Å². The van der Waals surface area contributed by atoms with E-state index in [1.807, 2.05) is 24.3 Å². The third-order valence-electron chi connectivity index (χ3n) is 13.3. The predicted octanol–water partition coefficient (Wildman–Crippen LogP) is 16.7. The van der Waals surface area contributed by atoms with Crippen molar-refractivity contribution in [2.45, 2.75) is 0 Å². The quantitative estimate of drug-likeness (QED) is 0.173. The minimum atomic E-state index is 0.904. The first-order chi connectivity index (χ1) is 31.7. The molecule has 0 saturated carbocycles. The van der Waals surface area contributed by atoms with Crippen LogP contribution >= 0.6 is 0 Å². The maximum Gasteiger partial charge on any atom is 0.135 e. The van der Waals surface area contributed by atoms with Gasteiger partial charge in [0.15, 0.2) is 0 Å². The second-order valence-corrected chi connectivity index (χ2v) is 16.9. The normalized spacial score (nSPS) is 12.1. The molecule has 4 aromatic heterocycles. The summed E-state index contributed by atoms with van der Waals surface area (Å²) in [5.74, 6) is 0. The second-order valence-electron chi connectivity index (χ2n) is 16.9. The number of hydrogen-bond donors (Lipinski definition) is 0. The van der Waals surface area contributed by atoms with E-state index in [4.69, 9.17) is 8.83 Å². The lowest BCUT2D eigenvalue weighted by atomic mass is 9.98. The Kier molecular flexibility index (Phi) is 7.36. The fourth-order valence-electron chi connectivity index (χ4n) is 10.3. The highest BCUT2D eigenvalue weighted by atomic mass is 16.3. The zero-order valence-electron chi connectivity index (χ0n) is 34.5. The van der Waals surface area contributed by atoms with Crippen LogP contribution in [0, 0.1) is 0 Å². The molecule has 0 saturated heterocycles. The lowest BCUT2D eigenvalue weighted by Gasteiger charge is -2.09. The Balaban J connectivity index is 0.957. The lowest BCUT2D eigenvalue weighted by molar-refractivity contribution is 0.668. The van der Waals surface area contributed by atoms with Gasteiger partial charge in [0.25, 0.3) is 0 Å². The van der Waals surface area contributed by atoms with Crippen LogP contribution in [0.3, 0.4) is 0 Å². The van der Waals surface area contributed by atoms with E-state index in [1.54, 1.807) is 0 Å². The standard InChI is InChI=1S/C60H36N2O2/c1-3-11-43(12-4-1)61-53-25-19-37(31-47(53)49-33-39(21-27-55(49)61)41-23-29-59-51(35-41)45-15-7-9-17-57(45)63-59)38-20-26-54-48(32-38)50-34-40(22-28-56(50)62(54)44-13-5-2-6-14-44)42-24-30-60-52(36-42)46-16-8-10-18-58(46)64-60/h1-36H. The van der Waals surface area contributed by atoms with Gasteiger partial charge < -0.3 is 18.0 Å². The molecule has 0 unspecified atom stereocenters. The summed E-state index contributed by atoms with van der Waals surface area (Å²) in [4.78, 5) is 0. The van der Waals surface area contributed by atoms with Gasteiger partial charge in [-0.1, -0.05) is 109 Å². The van der Waals surface area contributed by atoms with Crippen molar-refractivity contribution in [3.63, 3.8) is 0 Å². The van der Waals surface area contributed by atoms with E-state index in [2.05, 4.69) is 203 Å². The zero-order chi connectivity index (χ0) is 41.9. The SMILES string of the molecule is c1ccc(-n2c3ccc(-c4ccc5oc6ccccc6c5c4)cc3c3cc(-c4ccc5c(c4)c4cc(-c6ccc7oc8ccccc8c7c6)ccc4n5-c4ccccc4)ccc32)cc1. The van der Waals surface area contributed by atoms with Crippen molar-refractivity contribution < 1.29 is 8.83 Å². The molecule has 14 rings (SSSR count). The first kappa shape index (κ1) is 35.0. The van der Waals surface area contributed by atoms with E-state index in [9.17, 15) is 0 Å². The number of fused-ring (bicyclic) bond motifs is 12. The minimum Gasteiger partial charge on any atom is -0.456 e. The molecule has 0 atom stereocenters. The number of furan rings is 2. The molecule has 0 aliphatic carbocycles. The molecule has 0 aliphatic rings. The summed E-state index contributed by atoms with van der Waals surface area (Å²) in [5.41, 5.74) is 17.6. The Labute approximate surface area is 367 Å². The monoisotopic (exact) mass is 816 g/mol. The molecule has 0 bridgehead atoms. The summed E-state index contributed by atoms with van der Waals surface area (Å²) in [7, 11) is 0. The highest BCUT2D eigenvalue weighted by Crippen LogP contribution is 2.42. The summed E-state index contributed by atoms with van der Waals surface area (Å²) in [6, 6.07) is 78.8. The molecule has 298 valence electrons. The molecule has 0 amide bonds. The van der Waals surface area contributed by atoms with Gasteiger partial charge in [0, 0.05) is 54.5 Å². The van der Waals surface area contributed by atoms with Gasteiger partial charge in [-0.2, -0.15) is 0 Å².